The van der Waals surface area contributed by atoms with Crippen LogP contribution >= 0.6 is 11.3 Å². The molecule has 1 aliphatic heterocycles. The van der Waals surface area contributed by atoms with Crippen LogP contribution in [0.15, 0.2) is 0 Å². The van der Waals surface area contributed by atoms with Gasteiger partial charge in [-0.15, -0.1) is 10.2 Å². The van der Waals surface area contributed by atoms with Gasteiger partial charge in [0.15, 0.2) is 0 Å². The fourth-order valence-electron chi connectivity index (χ4n) is 3.36. The number of nitrogens with one attached hydrogen (secondary N) is 2. The molecule has 2 fully saturated rings. The van der Waals surface area contributed by atoms with Gasteiger partial charge < -0.3 is 5.32 Å². The van der Waals surface area contributed by atoms with E-state index in [4.69, 9.17) is 0 Å². The first kappa shape index (κ1) is 13.0. The summed E-state index contributed by atoms with van der Waals surface area (Å²) in [6, 6.07) is 0. The molecule has 5 nitrogen and oxygen atoms in total. The molecule has 0 unspecified atom stereocenters. The molecule has 2 aliphatic rings. The number of hydrogen-bond donors (Lipinski definition) is 2. The molecule has 19 heavy (non-hydrogen) atoms. The highest BCUT2D eigenvalue weighted by Gasteiger charge is 2.49. The Kier molecular flexibility index (Phi) is 3.54. The number of nitrogens with zero attached hydrogens (tertiary/aromatic N) is 2. The fraction of sp³-hybridized carbons (Fsp3) is 0.769. The van der Waals surface area contributed by atoms with E-state index in [0.29, 0.717) is 11.0 Å². The maximum absolute atomic E-state index is 12.7. The standard InChI is InChI=1S/C13H20N4OS/c1-2-10-16-17-12(19-10)15-11(18)13-6-4-3-5-9(13)7-14-8-13/h9,14H,2-8H2,1H3,(H,15,17,18)/t9-,13+/m0/s1. The number of anilines is 1. The Morgan fingerprint density at radius 2 is 2.42 bits per heavy atom. The Morgan fingerprint density at radius 1 is 1.53 bits per heavy atom. The van der Waals surface area contributed by atoms with Crippen LogP contribution in [0, 0.1) is 11.3 Å². The molecule has 3 rings (SSSR count). The summed E-state index contributed by atoms with van der Waals surface area (Å²) in [7, 11) is 0. The Balaban J connectivity index is 1.75. The van der Waals surface area contributed by atoms with Gasteiger partial charge in [-0.2, -0.15) is 0 Å². The zero-order valence-electron chi connectivity index (χ0n) is 11.2. The van der Waals surface area contributed by atoms with Crippen molar-refractivity contribution in [2.75, 3.05) is 18.4 Å². The second-order valence-corrected chi connectivity index (χ2v) is 6.60. The van der Waals surface area contributed by atoms with Gasteiger partial charge in [-0.25, -0.2) is 0 Å². The number of aromatic nitrogens is 2. The topological polar surface area (TPSA) is 66.9 Å². The van der Waals surface area contributed by atoms with Gasteiger partial charge in [-0.3, -0.25) is 10.1 Å². The number of hydrogen-bond acceptors (Lipinski definition) is 5. The predicted molar refractivity (Wildman–Crippen MR) is 75.2 cm³/mol. The third-order valence-electron chi connectivity index (χ3n) is 4.48. The number of aryl methyl sites for hydroxylation is 1. The Morgan fingerprint density at radius 3 is 3.21 bits per heavy atom. The monoisotopic (exact) mass is 280 g/mol. The molecule has 2 N–H and O–H groups in total. The Labute approximate surface area is 117 Å². The van der Waals surface area contributed by atoms with Crippen molar-refractivity contribution in [3.8, 4) is 0 Å². The first-order valence-corrected chi connectivity index (χ1v) is 7.91. The minimum absolute atomic E-state index is 0.140. The molecular formula is C13H20N4OS. The minimum atomic E-state index is -0.212. The van der Waals surface area contributed by atoms with Crippen LogP contribution in [0.2, 0.25) is 0 Å². The van der Waals surface area contributed by atoms with Crippen LogP contribution in [0.4, 0.5) is 5.13 Å². The molecular weight excluding hydrogens is 260 g/mol. The van der Waals surface area contributed by atoms with Gasteiger partial charge in [-0.1, -0.05) is 31.1 Å². The summed E-state index contributed by atoms with van der Waals surface area (Å²) in [4.78, 5) is 12.7. The highest BCUT2D eigenvalue weighted by atomic mass is 32.1. The average molecular weight is 280 g/mol. The van der Waals surface area contributed by atoms with Crippen molar-refractivity contribution in [3.63, 3.8) is 0 Å². The number of carbonyl (C=O) groups is 1. The molecule has 1 aliphatic carbocycles. The minimum Gasteiger partial charge on any atom is -0.315 e. The molecule has 1 saturated carbocycles. The van der Waals surface area contributed by atoms with Crippen LogP contribution in [0.3, 0.4) is 0 Å². The average Bonchev–Trinajstić information content (AvgIpc) is 3.04. The van der Waals surface area contributed by atoms with Crippen molar-refractivity contribution in [1.82, 2.24) is 15.5 Å². The Bertz CT molecular complexity index is 475. The summed E-state index contributed by atoms with van der Waals surface area (Å²) in [5.41, 5.74) is -0.212. The molecule has 0 spiro atoms. The number of carbonyl (C=O) groups excluding carboxylic acids is 1. The third kappa shape index (κ3) is 2.27. The lowest BCUT2D eigenvalue weighted by Gasteiger charge is -2.36. The lowest BCUT2D eigenvalue weighted by atomic mass is 9.68. The van der Waals surface area contributed by atoms with Crippen molar-refractivity contribution in [2.24, 2.45) is 11.3 Å². The highest BCUT2D eigenvalue weighted by molar-refractivity contribution is 7.15. The molecule has 2 atom stereocenters. The summed E-state index contributed by atoms with van der Waals surface area (Å²) in [6.45, 7) is 3.83. The van der Waals surface area contributed by atoms with E-state index in [1.165, 1.54) is 17.8 Å². The summed E-state index contributed by atoms with van der Waals surface area (Å²) in [6.07, 6.45) is 5.43. The molecule has 0 radical (unpaired) electrons. The van der Waals surface area contributed by atoms with Gasteiger partial charge in [0.1, 0.15) is 5.01 Å². The van der Waals surface area contributed by atoms with Crippen molar-refractivity contribution in [3.05, 3.63) is 5.01 Å². The van der Waals surface area contributed by atoms with Crippen LogP contribution in [-0.4, -0.2) is 29.2 Å². The number of rotatable bonds is 3. The van der Waals surface area contributed by atoms with Crippen LogP contribution in [0.5, 0.6) is 0 Å². The molecule has 1 amide bonds. The largest absolute Gasteiger partial charge is 0.315 e. The second kappa shape index (κ2) is 5.17. The van der Waals surface area contributed by atoms with E-state index in [2.05, 4.69) is 20.8 Å². The number of amides is 1. The van der Waals surface area contributed by atoms with E-state index in [0.717, 1.165) is 43.8 Å². The smallest absolute Gasteiger partial charge is 0.234 e. The molecule has 1 aromatic heterocycles. The summed E-state index contributed by atoms with van der Waals surface area (Å²) >= 11 is 1.48. The van der Waals surface area contributed by atoms with E-state index >= 15 is 0 Å². The van der Waals surface area contributed by atoms with Gasteiger partial charge in [0, 0.05) is 6.54 Å². The molecule has 1 aromatic rings. The SMILES string of the molecule is CCc1nnc(NC(=O)[C@@]23CCCC[C@H]2CNC3)s1. The summed E-state index contributed by atoms with van der Waals surface area (Å²) < 4.78 is 0. The van der Waals surface area contributed by atoms with Crippen molar-refractivity contribution < 1.29 is 4.79 Å². The molecule has 1 saturated heterocycles. The predicted octanol–water partition coefficient (Wildman–Crippen LogP) is 1.82. The first-order chi connectivity index (χ1) is 9.24. The van der Waals surface area contributed by atoms with Crippen molar-refractivity contribution in [2.45, 2.75) is 39.0 Å². The van der Waals surface area contributed by atoms with E-state index in [9.17, 15) is 4.79 Å². The molecule has 0 bridgehead atoms. The zero-order valence-corrected chi connectivity index (χ0v) is 12.1. The third-order valence-corrected chi connectivity index (χ3v) is 5.46. The summed E-state index contributed by atoms with van der Waals surface area (Å²) in [5, 5.41) is 16.1. The van der Waals surface area contributed by atoms with Crippen LogP contribution in [-0.2, 0) is 11.2 Å². The van der Waals surface area contributed by atoms with Crippen molar-refractivity contribution in [1.29, 1.82) is 0 Å². The van der Waals surface area contributed by atoms with Gasteiger partial charge in [-0.05, 0) is 31.7 Å². The molecule has 104 valence electrons. The Hall–Kier alpha value is -1.01. The maximum Gasteiger partial charge on any atom is 0.234 e. The number of fused-ring (bicyclic) bond motifs is 1. The van der Waals surface area contributed by atoms with Crippen LogP contribution in [0.25, 0.3) is 0 Å². The lowest BCUT2D eigenvalue weighted by molar-refractivity contribution is -0.128. The van der Waals surface area contributed by atoms with E-state index < -0.39 is 0 Å². The second-order valence-electron chi connectivity index (χ2n) is 5.54. The zero-order chi connectivity index (χ0) is 13.3. The van der Waals surface area contributed by atoms with Gasteiger partial charge >= 0.3 is 0 Å². The van der Waals surface area contributed by atoms with Gasteiger partial charge in [0.2, 0.25) is 11.0 Å². The first-order valence-electron chi connectivity index (χ1n) is 7.09. The quantitative estimate of drug-likeness (QED) is 0.886. The van der Waals surface area contributed by atoms with Crippen LogP contribution in [0.1, 0.15) is 37.6 Å². The molecule has 2 heterocycles. The maximum atomic E-state index is 12.7. The lowest BCUT2D eigenvalue weighted by Crippen LogP contribution is -2.44. The fourth-order valence-corrected chi connectivity index (χ4v) is 4.03. The molecule has 0 aromatic carbocycles. The molecule has 6 heteroatoms. The highest BCUT2D eigenvalue weighted by Crippen LogP contribution is 2.44. The summed E-state index contributed by atoms with van der Waals surface area (Å²) in [5.74, 6) is 0.626. The van der Waals surface area contributed by atoms with E-state index in [1.54, 1.807) is 0 Å². The van der Waals surface area contributed by atoms with E-state index in [1.807, 2.05) is 6.92 Å². The van der Waals surface area contributed by atoms with Crippen LogP contribution < -0.4 is 10.6 Å². The van der Waals surface area contributed by atoms with Gasteiger partial charge in [0.05, 0.1) is 5.41 Å². The van der Waals surface area contributed by atoms with Gasteiger partial charge in [0.25, 0.3) is 0 Å². The van der Waals surface area contributed by atoms with Crippen molar-refractivity contribution >= 4 is 22.4 Å². The van der Waals surface area contributed by atoms with E-state index in [-0.39, 0.29) is 11.3 Å². The normalized spacial score (nSPS) is 30.1.